The van der Waals surface area contributed by atoms with Gasteiger partial charge in [-0.3, -0.25) is 0 Å². The van der Waals surface area contributed by atoms with Crippen LogP contribution < -0.4 is 10.4 Å². The van der Waals surface area contributed by atoms with Crippen molar-refractivity contribution >= 4 is 30.3 Å². The van der Waals surface area contributed by atoms with E-state index in [9.17, 15) is 0 Å². The van der Waals surface area contributed by atoms with E-state index in [-0.39, 0.29) is 5.04 Å². The van der Waals surface area contributed by atoms with Crippen LogP contribution in [0.3, 0.4) is 0 Å². The van der Waals surface area contributed by atoms with E-state index in [2.05, 4.69) is 81.4 Å². The van der Waals surface area contributed by atoms with E-state index in [1.54, 1.807) is 0 Å². The SMILES string of the molecule is CC(C)(C)[Si](OCCOCCOCCOCCOCCOCCOCCOCCOCCOCCOCCCl)(c1ccccc1)c1ccccc1. The summed E-state index contributed by atoms with van der Waals surface area (Å²) in [6.07, 6.45) is 0. The molecule has 0 saturated heterocycles. The molecule has 0 aliphatic carbocycles. The van der Waals surface area contributed by atoms with Gasteiger partial charge in [-0.15, -0.1) is 11.6 Å². The van der Waals surface area contributed by atoms with Gasteiger partial charge in [0.2, 0.25) is 0 Å². The fraction of sp³-hybridized carbons (Fsp3) is 0.684. The number of alkyl halides is 1. The zero-order valence-corrected chi connectivity index (χ0v) is 33.0. The van der Waals surface area contributed by atoms with Gasteiger partial charge in [-0.25, -0.2) is 0 Å². The summed E-state index contributed by atoms with van der Waals surface area (Å²) >= 11 is 5.52. The molecule has 0 saturated carbocycles. The van der Waals surface area contributed by atoms with E-state index in [1.807, 2.05) is 0 Å². The highest BCUT2D eigenvalue weighted by atomic mass is 35.5. The lowest BCUT2D eigenvalue weighted by Crippen LogP contribution is -2.66. The second kappa shape index (κ2) is 30.9. The van der Waals surface area contributed by atoms with E-state index in [1.165, 1.54) is 10.4 Å². The summed E-state index contributed by atoms with van der Waals surface area (Å²) in [4.78, 5) is 0. The van der Waals surface area contributed by atoms with E-state index in [0.29, 0.717) is 145 Å². The third-order valence-electron chi connectivity index (χ3n) is 7.53. The van der Waals surface area contributed by atoms with Crippen LogP contribution in [0, 0.1) is 0 Å². The summed E-state index contributed by atoms with van der Waals surface area (Å²) in [5.41, 5.74) is 0. The Morgan fingerprint density at radius 2 is 0.608 bits per heavy atom. The van der Waals surface area contributed by atoms with Gasteiger partial charge in [-0.1, -0.05) is 81.4 Å². The average Bonchev–Trinajstić information content (AvgIpc) is 3.14. The molecule has 0 bridgehead atoms. The summed E-state index contributed by atoms with van der Waals surface area (Å²) in [5, 5.41) is 2.48. The minimum atomic E-state index is -2.54. The van der Waals surface area contributed by atoms with Crippen molar-refractivity contribution in [2.24, 2.45) is 0 Å². The predicted molar refractivity (Wildman–Crippen MR) is 202 cm³/mol. The molecule has 2 aromatic carbocycles. The van der Waals surface area contributed by atoms with Crippen molar-refractivity contribution in [2.45, 2.75) is 25.8 Å². The second-order valence-corrected chi connectivity index (χ2v) is 17.0. The van der Waals surface area contributed by atoms with Gasteiger partial charge in [0, 0.05) is 5.88 Å². The van der Waals surface area contributed by atoms with Crippen molar-refractivity contribution in [2.75, 3.05) is 145 Å². The van der Waals surface area contributed by atoms with Crippen LogP contribution in [0.2, 0.25) is 5.04 Å². The largest absolute Gasteiger partial charge is 0.405 e. The molecular formula is C38H63ClO11Si. The lowest BCUT2D eigenvalue weighted by Gasteiger charge is -2.43. The molecule has 51 heavy (non-hydrogen) atoms. The molecule has 0 aromatic heterocycles. The zero-order valence-electron chi connectivity index (χ0n) is 31.2. The van der Waals surface area contributed by atoms with Crippen molar-refractivity contribution in [3.8, 4) is 0 Å². The minimum Gasteiger partial charge on any atom is -0.405 e. The predicted octanol–water partition coefficient (Wildman–Crippen LogP) is 3.97. The first kappa shape index (κ1) is 45.7. The quantitative estimate of drug-likeness (QED) is 0.0580. The van der Waals surface area contributed by atoms with Gasteiger partial charge < -0.3 is 51.8 Å². The van der Waals surface area contributed by atoms with E-state index in [4.69, 9.17) is 63.4 Å². The molecule has 0 radical (unpaired) electrons. The molecule has 2 rings (SSSR count). The van der Waals surface area contributed by atoms with Crippen LogP contribution in [-0.2, 0) is 51.8 Å². The smallest absolute Gasteiger partial charge is 0.261 e. The Kier molecular flexibility index (Phi) is 27.7. The molecule has 2 aromatic rings. The third kappa shape index (κ3) is 21.1. The van der Waals surface area contributed by atoms with Crippen LogP contribution in [0.25, 0.3) is 0 Å². The molecule has 0 N–H and O–H groups in total. The summed E-state index contributed by atoms with van der Waals surface area (Å²) in [7, 11) is -2.54. The molecule has 0 fully saturated rings. The first-order chi connectivity index (χ1) is 25.0. The molecule has 11 nitrogen and oxygen atoms in total. The summed E-state index contributed by atoms with van der Waals surface area (Å²) < 4.78 is 62.0. The molecule has 0 unspecified atom stereocenters. The molecule has 13 heteroatoms. The van der Waals surface area contributed by atoms with Crippen LogP contribution in [0.15, 0.2) is 60.7 Å². The maximum Gasteiger partial charge on any atom is 0.261 e. The van der Waals surface area contributed by atoms with Crippen molar-refractivity contribution in [3.63, 3.8) is 0 Å². The lowest BCUT2D eigenvalue weighted by molar-refractivity contribution is -0.0266. The molecule has 0 aliphatic heterocycles. The van der Waals surface area contributed by atoms with Crippen molar-refractivity contribution in [1.82, 2.24) is 0 Å². The fourth-order valence-corrected chi connectivity index (χ4v) is 9.81. The van der Waals surface area contributed by atoms with Crippen molar-refractivity contribution in [3.05, 3.63) is 60.7 Å². The van der Waals surface area contributed by atoms with Crippen LogP contribution in [-0.4, -0.2) is 153 Å². The number of ether oxygens (including phenoxy) is 10. The molecule has 0 aliphatic rings. The van der Waals surface area contributed by atoms with Crippen molar-refractivity contribution in [1.29, 1.82) is 0 Å². The molecular weight excluding hydrogens is 696 g/mol. The van der Waals surface area contributed by atoms with Gasteiger partial charge in [0.25, 0.3) is 8.32 Å². The van der Waals surface area contributed by atoms with Gasteiger partial charge in [-0.2, -0.15) is 0 Å². The number of hydrogen-bond donors (Lipinski definition) is 0. The van der Waals surface area contributed by atoms with E-state index in [0.717, 1.165) is 0 Å². The van der Waals surface area contributed by atoms with E-state index < -0.39 is 8.32 Å². The molecule has 0 spiro atoms. The highest BCUT2D eigenvalue weighted by molar-refractivity contribution is 6.99. The summed E-state index contributed by atoms with van der Waals surface area (Å²) in [6.45, 7) is 17.7. The molecule has 0 amide bonds. The zero-order chi connectivity index (χ0) is 36.6. The Balaban J connectivity index is 1.33. The fourth-order valence-electron chi connectivity index (χ4n) is 5.15. The van der Waals surface area contributed by atoms with Crippen LogP contribution in [0.5, 0.6) is 0 Å². The lowest BCUT2D eigenvalue weighted by atomic mass is 10.2. The summed E-state index contributed by atoms with van der Waals surface area (Å²) in [5.74, 6) is 0.497. The van der Waals surface area contributed by atoms with Gasteiger partial charge >= 0.3 is 0 Å². The Morgan fingerprint density at radius 3 is 0.843 bits per heavy atom. The normalized spacial score (nSPS) is 12.2. The highest BCUT2D eigenvalue weighted by Gasteiger charge is 2.50. The maximum absolute atomic E-state index is 6.85. The Bertz CT molecular complexity index is 994. The minimum absolute atomic E-state index is 0.0555. The highest BCUT2D eigenvalue weighted by Crippen LogP contribution is 2.36. The molecule has 292 valence electrons. The van der Waals surface area contributed by atoms with Crippen molar-refractivity contribution < 1.29 is 51.8 Å². The summed E-state index contributed by atoms with van der Waals surface area (Å²) in [6, 6.07) is 21.3. The first-order valence-corrected chi connectivity index (χ1v) is 20.5. The molecule has 0 heterocycles. The van der Waals surface area contributed by atoms with Crippen LogP contribution in [0.1, 0.15) is 20.8 Å². The van der Waals surface area contributed by atoms with Gasteiger partial charge in [0.05, 0.1) is 139 Å². The Hall–Kier alpha value is -1.49. The first-order valence-electron chi connectivity index (χ1n) is 18.1. The topological polar surface area (TPSA) is 102 Å². The van der Waals surface area contributed by atoms with E-state index >= 15 is 0 Å². The monoisotopic (exact) mass is 758 g/mol. The average molecular weight is 759 g/mol. The standard InChI is InChI=1S/C38H63ClO11Si/c1-38(2,3)51(36-10-6-4-7-11-36,37-12-8-5-9-13-37)50-35-34-49-33-32-48-31-30-47-29-28-46-27-26-45-25-24-44-23-22-43-21-20-42-19-18-41-17-16-40-15-14-39/h4-13H,14-35H2,1-3H3. The van der Waals surface area contributed by atoms with Gasteiger partial charge in [0.1, 0.15) is 0 Å². The van der Waals surface area contributed by atoms with Gasteiger partial charge in [-0.05, 0) is 15.4 Å². The number of rotatable bonds is 35. The van der Waals surface area contributed by atoms with Gasteiger partial charge in [0.15, 0.2) is 0 Å². The molecule has 0 atom stereocenters. The number of benzene rings is 2. The number of halogens is 1. The Labute approximate surface area is 312 Å². The third-order valence-corrected chi connectivity index (χ3v) is 12.7. The Morgan fingerprint density at radius 1 is 0.373 bits per heavy atom. The van der Waals surface area contributed by atoms with Crippen LogP contribution in [0.4, 0.5) is 0 Å². The maximum atomic E-state index is 6.85. The van der Waals surface area contributed by atoms with Crippen LogP contribution >= 0.6 is 11.6 Å². The second-order valence-electron chi connectivity index (χ2n) is 12.3. The number of hydrogen-bond acceptors (Lipinski definition) is 11.